The monoisotopic (exact) mass is 367 g/mol. The number of nitrogen functional groups attached to an aromatic ring is 2. The molecule has 0 bridgehead atoms. The van der Waals surface area contributed by atoms with Crippen LogP contribution in [0.15, 0.2) is 24.4 Å². The van der Waals surface area contributed by atoms with Crippen molar-refractivity contribution < 1.29 is 4.79 Å². The summed E-state index contributed by atoms with van der Waals surface area (Å²) < 4.78 is 0. The molecule has 0 unspecified atom stereocenters. The Morgan fingerprint density at radius 1 is 1.22 bits per heavy atom. The molecule has 8 nitrogen and oxygen atoms in total. The van der Waals surface area contributed by atoms with E-state index in [9.17, 15) is 4.79 Å². The molecule has 3 rings (SSSR count). The van der Waals surface area contributed by atoms with Crippen LogP contribution >= 0.6 is 0 Å². The number of carbonyl (C=O) groups excluding carboxylic acids is 1. The largest absolute Gasteiger partial charge is 0.383 e. The quantitative estimate of drug-likeness (QED) is 0.511. The molecule has 3 aromatic rings. The molecule has 0 aliphatic heterocycles. The third-order valence-corrected chi connectivity index (χ3v) is 4.32. The maximum Gasteiger partial charge on any atom is 0.225 e. The van der Waals surface area contributed by atoms with E-state index >= 15 is 0 Å². The first-order valence-electron chi connectivity index (χ1n) is 8.89. The van der Waals surface area contributed by atoms with E-state index in [0.717, 1.165) is 34.1 Å². The molecule has 0 aliphatic rings. The van der Waals surface area contributed by atoms with Crippen molar-refractivity contribution in [3.63, 3.8) is 0 Å². The molecule has 6 N–H and O–H groups in total. The molecule has 1 aromatic carbocycles. The van der Waals surface area contributed by atoms with E-state index in [0.29, 0.717) is 18.8 Å². The number of rotatable bonds is 5. The van der Waals surface area contributed by atoms with E-state index in [1.165, 1.54) is 0 Å². The molecular formula is C19H25N7O. The number of benzene rings is 1. The number of H-pyrrole nitrogens is 1. The number of hydrogen-bond acceptors (Lipinski definition) is 6. The number of nitrogens with one attached hydrogen (secondary N) is 2. The molecule has 1 amide bonds. The van der Waals surface area contributed by atoms with Crippen LogP contribution in [0.5, 0.6) is 0 Å². The van der Waals surface area contributed by atoms with Gasteiger partial charge in [-0.25, -0.2) is 4.98 Å². The summed E-state index contributed by atoms with van der Waals surface area (Å²) in [5, 5.41) is 10.9. The minimum absolute atomic E-state index is 0.0230. The van der Waals surface area contributed by atoms with Gasteiger partial charge in [-0.2, -0.15) is 10.1 Å². The van der Waals surface area contributed by atoms with E-state index in [1.54, 1.807) is 6.20 Å². The fraction of sp³-hybridized carbons (Fsp3) is 0.368. The highest BCUT2D eigenvalue weighted by molar-refractivity contribution is 5.87. The Kier molecular flexibility index (Phi) is 4.98. The van der Waals surface area contributed by atoms with Gasteiger partial charge in [-0.3, -0.25) is 9.89 Å². The topological polar surface area (TPSA) is 136 Å². The number of aromatic nitrogens is 4. The Morgan fingerprint density at radius 3 is 2.74 bits per heavy atom. The lowest BCUT2D eigenvalue weighted by Crippen LogP contribution is -2.35. The Hall–Kier alpha value is -3.16. The van der Waals surface area contributed by atoms with E-state index in [-0.39, 0.29) is 11.9 Å². The number of fused-ring (bicyclic) bond motifs is 1. The van der Waals surface area contributed by atoms with E-state index in [1.807, 2.05) is 39.0 Å². The van der Waals surface area contributed by atoms with Gasteiger partial charge in [-0.1, -0.05) is 26.8 Å². The van der Waals surface area contributed by atoms with Crippen LogP contribution in [0.4, 0.5) is 11.8 Å². The molecule has 142 valence electrons. The lowest BCUT2D eigenvalue weighted by Gasteiger charge is -2.18. The van der Waals surface area contributed by atoms with Crippen molar-refractivity contribution in [3.05, 3.63) is 30.1 Å². The van der Waals surface area contributed by atoms with Crippen LogP contribution in [0.2, 0.25) is 0 Å². The minimum Gasteiger partial charge on any atom is -0.383 e. The maximum atomic E-state index is 12.0. The van der Waals surface area contributed by atoms with Gasteiger partial charge in [0.15, 0.2) is 0 Å². The van der Waals surface area contributed by atoms with E-state index in [4.69, 9.17) is 11.5 Å². The summed E-state index contributed by atoms with van der Waals surface area (Å²) >= 11 is 0. The Bertz CT molecular complexity index is 972. The number of amides is 1. The SMILES string of the molecule is CC(C)(C)C(=O)NCCCc1nc(N)nc(N)c1-c1ccc2[nH]ncc2c1. The van der Waals surface area contributed by atoms with Gasteiger partial charge in [0.05, 0.1) is 17.4 Å². The molecule has 0 aliphatic carbocycles. The molecule has 0 saturated heterocycles. The zero-order valence-electron chi connectivity index (χ0n) is 15.8. The third kappa shape index (κ3) is 4.16. The Labute approximate surface area is 157 Å². The summed E-state index contributed by atoms with van der Waals surface area (Å²) in [5.41, 5.74) is 15.0. The van der Waals surface area contributed by atoms with Crippen molar-refractivity contribution in [1.29, 1.82) is 0 Å². The van der Waals surface area contributed by atoms with Crippen LogP contribution in [-0.2, 0) is 11.2 Å². The first kappa shape index (κ1) is 18.6. The van der Waals surface area contributed by atoms with Gasteiger partial charge >= 0.3 is 0 Å². The third-order valence-electron chi connectivity index (χ3n) is 4.32. The van der Waals surface area contributed by atoms with Gasteiger partial charge in [-0.15, -0.1) is 0 Å². The summed E-state index contributed by atoms with van der Waals surface area (Å²) in [4.78, 5) is 20.5. The molecule has 0 saturated carbocycles. The number of nitrogens with zero attached hydrogens (tertiary/aromatic N) is 3. The highest BCUT2D eigenvalue weighted by atomic mass is 16.2. The highest BCUT2D eigenvalue weighted by Crippen LogP contribution is 2.31. The zero-order valence-corrected chi connectivity index (χ0v) is 15.8. The fourth-order valence-corrected chi connectivity index (χ4v) is 2.86. The molecular weight excluding hydrogens is 342 g/mol. The minimum atomic E-state index is -0.408. The van der Waals surface area contributed by atoms with Crippen LogP contribution in [0.1, 0.15) is 32.9 Å². The first-order valence-corrected chi connectivity index (χ1v) is 8.89. The smallest absolute Gasteiger partial charge is 0.225 e. The van der Waals surface area contributed by atoms with Gasteiger partial charge in [0.2, 0.25) is 11.9 Å². The van der Waals surface area contributed by atoms with Crippen LogP contribution in [0.3, 0.4) is 0 Å². The summed E-state index contributed by atoms with van der Waals surface area (Å²) in [6.07, 6.45) is 3.10. The summed E-state index contributed by atoms with van der Waals surface area (Å²) in [7, 11) is 0. The van der Waals surface area contributed by atoms with Gasteiger partial charge in [0.25, 0.3) is 0 Å². The zero-order chi connectivity index (χ0) is 19.6. The number of aryl methyl sites for hydroxylation is 1. The summed E-state index contributed by atoms with van der Waals surface area (Å²) in [6.45, 7) is 6.22. The number of nitrogens with two attached hydrogens (primary N) is 2. The molecule has 0 radical (unpaired) electrons. The van der Waals surface area contributed by atoms with Crippen molar-refractivity contribution in [3.8, 4) is 11.1 Å². The summed E-state index contributed by atoms with van der Waals surface area (Å²) in [5.74, 6) is 0.517. The Morgan fingerprint density at radius 2 is 2.00 bits per heavy atom. The van der Waals surface area contributed by atoms with E-state index < -0.39 is 5.41 Å². The van der Waals surface area contributed by atoms with Gasteiger partial charge in [-0.05, 0) is 30.5 Å². The normalized spacial score (nSPS) is 11.7. The van der Waals surface area contributed by atoms with Gasteiger partial charge < -0.3 is 16.8 Å². The number of anilines is 2. The average molecular weight is 367 g/mol. The maximum absolute atomic E-state index is 12.0. The van der Waals surface area contributed by atoms with Crippen LogP contribution in [0, 0.1) is 5.41 Å². The van der Waals surface area contributed by atoms with Crippen LogP contribution in [0.25, 0.3) is 22.0 Å². The van der Waals surface area contributed by atoms with Crippen molar-refractivity contribution in [2.45, 2.75) is 33.6 Å². The van der Waals surface area contributed by atoms with Crippen LogP contribution in [-0.4, -0.2) is 32.6 Å². The predicted molar refractivity (Wildman–Crippen MR) is 107 cm³/mol. The second-order valence-corrected chi connectivity index (χ2v) is 7.57. The Balaban J connectivity index is 1.81. The van der Waals surface area contributed by atoms with Gasteiger partial charge in [0, 0.05) is 22.9 Å². The standard InChI is InChI=1S/C19H25N7O/c1-19(2,3)17(27)22-8-4-5-14-15(16(20)25-18(21)24-14)11-6-7-13-12(9-11)10-23-26-13/h6-7,9-10H,4-5,8H2,1-3H3,(H,22,27)(H,23,26)(H4,20,21,24,25). The average Bonchev–Trinajstić information content (AvgIpc) is 3.04. The molecule has 0 atom stereocenters. The lowest BCUT2D eigenvalue weighted by molar-refractivity contribution is -0.128. The van der Waals surface area contributed by atoms with E-state index in [2.05, 4.69) is 25.5 Å². The molecule has 0 fully saturated rings. The first-order chi connectivity index (χ1) is 12.8. The van der Waals surface area contributed by atoms with Crippen LogP contribution < -0.4 is 16.8 Å². The van der Waals surface area contributed by atoms with Crippen molar-refractivity contribution in [1.82, 2.24) is 25.5 Å². The molecule has 2 aromatic heterocycles. The fourth-order valence-electron chi connectivity index (χ4n) is 2.86. The molecule has 8 heteroatoms. The lowest BCUT2D eigenvalue weighted by atomic mass is 9.95. The highest BCUT2D eigenvalue weighted by Gasteiger charge is 2.20. The summed E-state index contributed by atoms with van der Waals surface area (Å²) in [6, 6.07) is 5.90. The van der Waals surface area contributed by atoms with Crippen molar-refractivity contribution in [2.75, 3.05) is 18.0 Å². The number of hydrogen-bond donors (Lipinski definition) is 4. The second-order valence-electron chi connectivity index (χ2n) is 7.57. The predicted octanol–water partition coefficient (Wildman–Crippen LogP) is 2.28. The molecule has 2 heterocycles. The van der Waals surface area contributed by atoms with Crippen molar-refractivity contribution >= 4 is 28.6 Å². The number of aromatic amines is 1. The van der Waals surface area contributed by atoms with Crippen molar-refractivity contribution in [2.24, 2.45) is 5.41 Å². The second kappa shape index (κ2) is 7.22. The van der Waals surface area contributed by atoms with Gasteiger partial charge in [0.1, 0.15) is 5.82 Å². The number of carbonyl (C=O) groups is 1. The molecule has 0 spiro atoms. The molecule has 27 heavy (non-hydrogen) atoms.